The summed E-state index contributed by atoms with van der Waals surface area (Å²) in [6, 6.07) is 5.31. The lowest BCUT2D eigenvalue weighted by Gasteiger charge is -2.05. The van der Waals surface area contributed by atoms with Crippen LogP contribution in [-0.2, 0) is 6.42 Å². The minimum Gasteiger partial charge on any atom is -0.314 e. The molecule has 0 aliphatic heterocycles. The second-order valence-electron chi connectivity index (χ2n) is 4.31. The minimum atomic E-state index is -0.234. The van der Waals surface area contributed by atoms with Crippen LogP contribution in [0.2, 0.25) is 5.02 Å². The fraction of sp³-hybridized carbons (Fsp3) is 0.429. The molecule has 0 amide bonds. The summed E-state index contributed by atoms with van der Waals surface area (Å²) >= 11 is 5.68. The van der Waals surface area contributed by atoms with E-state index in [1.807, 2.05) is 6.08 Å². The van der Waals surface area contributed by atoms with Gasteiger partial charge in [0.15, 0.2) is 0 Å². The van der Waals surface area contributed by atoms with Crippen molar-refractivity contribution in [2.45, 2.75) is 32.7 Å². The second-order valence-corrected chi connectivity index (χ2v) is 4.75. The van der Waals surface area contributed by atoms with Gasteiger partial charge in [0.2, 0.25) is 0 Å². The van der Waals surface area contributed by atoms with Gasteiger partial charge in [0.1, 0.15) is 5.82 Å². The van der Waals surface area contributed by atoms with Gasteiger partial charge < -0.3 is 5.32 Å². The van der Waals surface area contributed by atoms with E-state index in [0.29, 0.717) is 23.0 Å². The zero-order valence-electron chi connectivity index (χ0n) is 10.3. The highest BCUT2D eigenvalue weighted by Crippen LogP contribution is 2.15. The van der Waals surface area contributed by atoms with Crippen molar-refractivity contribution in [3.05, 3.63) is 46.8 Å². The van der Waals surface area contributed by atoms with Crippen molar-refractivity contribution in [2.24, 2.45) is 0 Å². The summed E-state index contributed by atoms with van der Waals surface area (Å²) in [5.74, 6) is -0.234. The first-order valence-corrected chi connectivity index (χ1v) is 6.29. The van der Waals surface area contributed by atoms with Crippen LogP contribution >= 0.6 is 11.6 Å². The van der Waals surface area contributed by atoms with Crippen molar-refractivity contribution in [2.75, 3.05) is 6.54 Å². The number of rotatable bonds is 6. The Labute approximate surface area is 108 Å². The van der Waals surface area contributed by atoms with E-state index in [1.165, 1.54) is 6.07 Å². The molecule has 1 aromatic carbocycles. The fourth-order valence-corrected chi connectivity index (χ4v) is 1.63. The lowest BCUT2D eigenvalue weighted by Crippen LogP contribution is -2.23. The first-order valence-electron chi connectivity index (χ1n) is 5.92. The molecule has 0 aromatic heterocycles. The summed E-state index contributed by atoms with van der Waals surface area (Å²) in [5.41, 5.74) is 0.683. The molecule has 1 aromatic rings. The van der Waals surface area contributed by atoms with Gasteiger partial charge in [0.25, 0.3) is 0 Å². The first kappa shape index (κ1) is 14.2. The third-order valence-electron chi connectivity index (χ3n) is 2.38. The Balaban J connectivity index is 2.32. The maximum absolute atomic E-state index is 13.4. The van der Waals surface area contributed by atoms with E-state index in [1.54, 1.807) is 12.1 Å². The zero-order valence-corrected chi connectivity index (χ0v) is 11.1. The van der Waals surface area contributed by atoms with Crippen molar-refractivity contribution in [3.63, 3.8) is 0 Å². The molecule has 0 aliphatic carbocycles. The molecular weight excluding hydrogens is 237 g/mol. The van der Waals surface area contributed by atoms with Crippen LogP contribution < -0.4 is 5.32 Å². The van der Waals surface area contributed by atoms with E-state index in [4.69, 9.17) is 11.6 Å². The number of hydrogen-bond acceptors (Lipinski definition) is 1. The van der Waals surface area contributed by atoms with Gasteiger partial charge in [0.05, 0.1) is 0 Å². The van der Waals surface area contributed by atoms with Gasteiger partial charge in [-0.15, -0.1) is 0 Å². The molecule has 94 valence electrons. The van der Waals surface area contributed by atoms with Crippen LogP contribution in [-0.4, -0.2) is 12.6 Å². The summed E-state index contributed by atoms with van der Waals surface area (Å²) in [4.78, 5) is 0. The zero-order chi connectivity index (χ0) is 12.7. The summed E-state index contributed by atoms with van der Waals surface area (Å²) in [6.45, 7) is 5.19. The SMILES string of the molecule is CC(C)NCC/C=C/Cc1ccc(Cl)cc1F. The summed E-state index contributed by atoms with van der Waals surface area (Å²) in [5, 5.41) is 3.76. The molecule has 0 saturated heterocycles. The van der Waals surface area contributed by atoms with Gasteiger partial charge >= 0.3 is 0 Å². The van der Waals surface area contributed by atoms with Crippen molar-refractivity contribution in [1.82, 2.24) is 5.32 Å². The van der Waals surface area contributed by atoms with Crippen LogP contribution in [0.4, 0.5) is 4.39 Å². The predicted molar refractivity (Wildman–Crippen MR) is 72.0 cm³/mol. The molecule has 0 atom stereocenters. The molecule has 0 heterocycles. The Morgan fingerprint density at radius 2 is 2.12 bits per heavy atom. The molecule has 1 rings (SSSR count). The summed E-state index contributed by atoms with van der Waals surface area (Å²) in [6.07, 6.45) is 5.65. The normalized spacial score (nSPS) is 11.6. The number of halogens is 2. The Morgan fingerprint density at radius 1 is 1.35 bits per heavy atom. The first-order chi connectivity index (χ1) is 8.09. The van der Waals surface area contributed by atoms with Crippen LogP contribution in [0.3, 0.4) is 0 Å². The highest BCUT2D eigenvalue weighted by Gasteiger charge is 2.00. The van der Waals surface area contributed by atoms with Gasteiger partial charge in [0, 0.05) is 11.1 Å². The van der Waals surface area contributed by atoms with Gasteiger partial charge in [-0.3, -0.25) is 0 Å². The highest BCUT2D eigenvalue weighted by atomic mass is 35.5. The average Bonchev–Trinajstić information content (AvgIpc) is 2.25. The van der Waals surface area contributed by atoms with Crippen LogP contribution in [0.1, 0.15) is 25.8 Å². The van der Waals surface area contributed by atoms with Crippen LogP contribution in [0, 0.1) is 5.82 Å². The molecule has 0 fully saturated rings. The van der Waals surface area contributed by atoms with Crippen LogP contribution in [0.5, 0.6) is 0 Å². The number of nitrogens with one attached hydrogen (secondary N) is 1. The molecule has 1 nitrogen and oxygen atoms in total. The quantitative estimate of drug-likeness (QED) is 0.599. The smallest absolute Gasteiger partial charge is 0.128 e. The van der Waals surface area contributed by atoms with Gasteiger partial charge in [-0.05, 0) is 37.1 Å². The molecule has 0 saturated carbocycles. The predicted octanol–water partition coefficient (Wildman–Crippen LogP) is 3.97. The molecule has 0 bridgehead atoms. The largest absolute Gasteiger partial charge is 0.314 e. The Hall–Kier alpha value is -0.860. The number of allylic oxidation sites excluding steroid dienone is 1. The second kappa shape index (κ2) is 7.46. The van der Waals surface area contributed by atoms with Gasteiger partial charge in [-0.2, -0.15) is 0 Å². The molecule has 0 radical (unpaired) electrons. The summed E-state index contributed by atoms with van der Waals surface area (Å²) < 4.78 is 13.4. The maximum atomic E-state index is 13.4. The Morgan fingerprint density at radius 3 is 2.76 bits per heavy atom. The van der Waals surface area contributed by atoms with Gasteiger partial charge in [-0.1, -0.05) is 43.7 Å². The summed E-state index contributed by atoms with van der Waals surface area (Å²) in [7, 11) is 0. The lowest BCUT2D eigenvalue weighted by atomic mass is 10.1. The van der Waals surface area contributed by atoms with Crippen molar-refractivity contribution < 1.29 is 4.39 Å². The van der Waals surface area contributed by atoms with E-state index < -0.39 is 0 Å². The van der Waals surface area contributed by atoms with Crippen molar-refractivity contribution in [3.8, 4) is 0 Å². The third-order valence-corrected chi connectivity index (χ3v) is 2.62. The Bertz CT molecular complexity index is 374. The third kappa shape index (κ3) is 5.85. The van der Waals surface area contributed by atoms with E-state index in [9.17, 15) is 4.39 Å². The number of benzene rings is 1. The monoisotopic (exact) mass is 255 g/mol. The minimum absolute atomic E-state index is 0.234. The highest BCUT2D eigenvalue weighted by molar-refractivity contribution is 6.30. The van der Waals surface area contributed by atoms with Gasteiger partial charge in [-0.25, -0.2) is 4.39 Å². The Kier molecular flexibility index (Phi) is 6.23. The van der Waals surface area contributed by atoms with Crippen molar-refractivity contribution >= 4 is 11.6 Å². The van der Waals surface area contributed by atoms with Crippen LogP contribution in [0.15, 0.2) is 30.4 Å². The molecule has 1 N–H and O–H groups in total. The molecule has 3 heteroatoms. The molecular formula is C14H19ClFN. The van der Waals surface area contributed by atoms with E-state index >= 15 is 0 Å². The van der Waals surface area contributed by atoms with Crippen LogP contribution in [0.25, 0.3) is 0 Å². The molecule has 0 spiro atoms. The molecule has 0 unspecified atom stereocenters. The van der Waals surface area contributed by atoms with E-state index in [-0.39, 0.29) is 5.82 Å². The number of hydrogen-bond donors (Lipinski definition) is 1. The molecule has 17 heavy (non-hydrogen) atoms. The van der Waals surface area contributed by atoms with E-state index in [2.05, 4.69) is 25.2 Å². The fourth-order valence-electron chi connectivity index (χ4n) is 1.47. The molecule has 0 aliphatic rings. The van der Waals surface area contributed by atoms with E-state index in [0.717, 1.165) is 13.0 Å². The maximum Gasteiger partial charge on any atom is 0.128 e. The average molecular weight is 256 g/mol. The van der Waals surface area contributed by atoms with Crippen molar-refractivity contribution in [1.29, 1.82) is 0 Å². The lowest BCUT2D eigenvalue weighted by molar-refractivity contribution is 0.594. The standard InChI is InChI=1S/C14H19ClFN/c1-11(2)17-9-5-3-4-6-12-7-8-13(15)10-14(12)16/h3-4,7-8,10-11,17H,5-6,9H2,1-2H3/b4-3+. The topological polar surface area (TPSA) is 12.0 Å².